The second-order valence-corrected chi connectivity index (χ2v) is 4.59. The van der Waals surface area contributed by atoms with Crippen molar-refractivity contribution in [3.05, 3.63) is 0 Å². The number of hydrogen-bond donors (Lipinski definition) is 1. The number of rotatable bonds is 12. The minimum Gasteiger partial charge on any atom is -0.466 e. The monoisotopic (exact) mass is 243 g/mol. The highest BCUT2D eigenvalue weighted by Gasteiger charge is 2.01. The Labute approximate surface area is 106 Å². The van der Waals surface area contributed by atoms with Crippen molar-refractivity contribution in [3.8, 4) is 0 Å². The Morgan fingerprint density at radius 3 is 2.24 bits per heavy atom. The van der Waals surface area contributed by atoms with Gasteiger partial charge in [-0.1, -0.05) is 45.4 Å². The maximum absolute atomic E-state index is 11.2. The van der Waals surface area contributed by atoms with Gasteiger partial charge in [0.25, 0.3) is 0 Å². The number of carbonyl (C=O) groups excluding carboxylic acids is 1. The summed E-state index contributed by atoms with van der Waals surface area (Å²) in [6, 6.07) is 0. The van der Waals surface area contributed by atoms with Crippen LogP contribution in [0.15, 0.2) is 0 Å². The lowest BCUT2D eigenvalue weighted by molar-refractivity contribution is -0.143. The Kier molecular flexibility index (Phi) is 13.0. The molecule has 2 N–H and O–H groups in total. The Morgan fingerprint density at radius 2 is 1.59 bits per heavy atom. The maximum atomic E-state index is 11.2. The molecule has 17 heavy (non-hydrogen) atoms. The zero-order chi connectivity index (χ0) is 12.8. The summed E-state index contributed by atoms with van der Waals surface area (Å²) >= 11 is 0. The molecule has 0 unspecified atom stereocenters. The molecule has 0 spiro atoms. The smallest absolute Gasteiger partial charge is 0.305 e. The van der Waals surface area contributed by atoms with Crippen LogP contribution in [0.1, 0.15) is 71.1 Å². The van der Waals surface area contributed by atoms with E-state index in [0.717, 1.165) is 19.3 Å². The standard InChI is InChI=1S/C14H29NO2/c1-2-3-4-5-6-7-10-13-17-14(16)11-8-9-12-15/h2-13,15H2,1H3. The minimum absolute atomic E-state index is 0.0653. The van der Waals surface area contributed by atoms with Crippen LogP contribution in [0.4, 0.5) is 0 Å². The Balaban J connectivity index is 3.08. The van der Waals surface area contributed by atoms with Crippen LogP contribution in [-0.4, -0.2) is 19.1 Å². The van der Waals surface area contributed by atoms with Gasteiger partial charge in [-0.25, -0.2) is 0 Å². The first kappa shape index (κ1) is 16.4. The van der Waals surface area contributed by atoms with Gasteiger partial charge in [0.1, 0.15) is 0 Å². The van der Waals surface area contributed by atoms with Gasteiger partial charge in [-0.3, -0.25) is 4.79 Å². The molecule has 0 bridgehead atoms. The van der Waals surface area contributed by atoms with Gasteiger partial charge in [0, 0.05) is 6.42 Å². The lowest BCUT2D eigenvalue weighted by atomic mass is 10.1. The summed E-state index contributed by atoms with van der Waals surface area (Å²) < 4.78 is 5.14. The van der Waals surface area contributed by atoms with Gasteiger partial charge < -0.3 is 10.5 Å². The van der Waals surface area contributed by atoms with Crippen molar-refractivity contribution in [3.63, 3.8) is 0 Å². The van der Waals surface area contributed by atoms with Crippen molar-refractivity contribution in [2.45, 2.75) is 71.1 Å². The van der Waals surface area contributed by atoms with Crippen molar-refractivity contribution in [2.75, 3.05) is 13.2 Å². The molecule has 3 nitrogen and oxygen atoms in total. The van der Waals surface area contributed by atoms with Gasteiger partial charge in [-0.2, -0.15) is 0 Å². The second kappa shape index (κ2) is 13.5. The third-order valence-corrected chi connectivity index (χ3v) is 2.85. The van der Waals surface area contributed by atoms with Crippen molar-refractivity contribution < 1.29 is 9.53 Å². The summed E-state index contributed by atoms with van der Waals surface area (Å²) in [5.74, 6) is -0.0653. The summed E-state index contributed by atoms with van der Waals surface area (Å²) in [4.78, 5) is 11.2. The third kappa shape index (κ3) is 13.4. The second-order valence-electron chi connectivity index (χ2n) is 4.59. The number of hydrogen-bond acceptors (Lipinski definition) is 3. The molecule has 0 aliphatic heterocycles. The van der Waals surface area contributed by atoms with Crippen LogP contribution in [0.3, 0.4) is 0 Å². The summed E-state index contributed by atoms with van der Waals surface area (Å²) in [5, 5.41) is 0. The normalized spacial score (nSPS) is 10.5. The fraction of sp³-hybridized carbons (Fsp3) is 0.929. The van der Waals surface area contributed by atoms with E-state index in [1.165, 1.54) is 38.5 Å². The molecule has 0 radical (unpaired) electrons. The summed E-state index contributed by atoms with van der Waals surface area (Å²) in [5.41, 5.74) is 5.35. The summed E-state index contributed by atoms with van der Waals surface area (Å²) in [7, 11) is 0. The van der Waals surface area contributed by atoms with Crippen molar-refractivity contribution in [2.24, 2.45) is 5.73 Å². The van der Waals surface area contributed by atoms with E-state index in [2.05, 4.69) is 6.92 Å². The van der Waals surface area contributed by atoms with Crippen LogP contribution in [0.25, 0.3) is 0 Å². The fourth-order valence-electron chi connectivity index (χ4n) is 1.73. The van der Waals surface area contributed by atoms with Gasteiger partial charge in [0.05, 0.1) is 6.61 Å². The Bertz CT molecular complexity index is 172. The molecule has 0 fully saturated rings. The largest absolute Gasteiger partial charge is 0.466 e. The van der Waals surface area contributed by atoms with E-state index in [0.29, 0.717) is 19.6 Å². The molecule has 0 saturated heterocycles. The number of carbonyl (C=O) groups is 1. The van der Waals surface area contributed by atoms with Crippen LogP contribution >= 0.6 is 0 Å². The highest BCUT2D eigenvalue weighted by atomic mass is 16.5. The van der Waals surface area contributed by atoms with E-state index in [1.54, 1.807) is 0 Å². The molecule has 0 aromatic heterocycles. The zero-order valence-corrected chi connectivity index (χ0v) is 11.4. The molecular weight excluding hydrogens is 214 g/mol. The molecular formula is C14H29NO2. The van der Waals surface area contributed by atoms with Crippen LogP contribution in [0, 0.1) is 0 Å². The first-order chi connectivity index (χ1) is 8.31. The van der Waals surface area contributed by atoms with E-state index in [4.69, 9.17) is 10.5 Å². The number of ether oxygens (including phenoxy) is 1. The first-order valence-electron chi connectivity index (χ1n) is 7.17. The predicted octanol–water partition coefficient (Wildman–Crippen LogP) is 3.41. The fourth-order valence-corrected chi connectivity index (χ4v) is 1.73. The van der Waals surface area contributed by atoms with E-state index >= 15 is 0 Å². The minimum atomic E-state index is -0.0653. The topological polar surface area (TPSA) is 52.3 Å². The number of unbranched alkanes of at least 4 members (excludes halogenated alkanes) is 7. The number of nitrogens with two attached hydrogens (primary N) is 1. The zero-order valence-electron chi connectivity index (χ0n) is 11.4. The quantitative estimate of drug-likeness (QED) is 0.422. The lowest BCUT2D eigenvalue weighted by Gasteiger charge is -2.04. The predicted molar refractivity (Wildman–Crippen MR) is 71.9 cm³/mol. The van der Waals surface area contributed by atoms with E-state index in [1.807, 2.05) is 0 Å². The molecule has 0 saturated carbocycles. The summed E-state index contributed by atoms with van der Waals surface area (Å²) in [6.07, 6.45) is 11.0. The highest BCUT2D eigenvalue weighted by Crippen LogP contribution is 2.07. The molecule has 0 heterocycles. The third-order valence-electron chi connectivity index (χ3n) is 2.85. The van der Waals surface area contributed by atoms with Gasteiger partial charge >= 0.3 is 5.97 Å². The molecule has 3 heteroatoms. The van der Waals surface area contributed by atoms with E-state index in [9.17, 15) is 4.79 Å². The summed E-state index contributed by atoms with van der Waals surface area (Å²) in [6.45, 7) is 3.48. The Morgan fingerprint density at radius 1 is 0.941 bits per heavy atom. The van der Waals surface area contributed by atoms with Crippen molar-refractivity contribution >= 4 is 5.97 Å². The van der Waals surface area contributed by atoms with Crippen molar-refractivity contribution in [1.82, 2.24) is 0 Å². The van der Waals surface area contributed by atoms with Gasteiger partial charge in [-0.05, 0) is 25.8 Å². The van der Waals surface area contributed by atoms with E-state index in [-0.39, 0.29) is 5.97 Å². The lowest BCUT2D eigenvalue weighted by Crippen LogP contribution is -2.07. The Hall–Kier alpha value is -0.570. The molecule has 0 aliphatic rings. The first-order valence-corrected chi connectivity index (χ1v) is 7.17. The van der Waals surface area contributed by atoms with Crippen molar-refractivity contribution in [1.29, 1.82) is 0 Å². The molecule has 0 aromatic rings. The maximum Gasteiger partial charge on any atom is 0.305 e. The molecule has 0 amide bonds. The van der Waals surface area contributed by atoms with Crippen LogP contribution in [0.2, 0.25) is 0 Å². The van der Waals surface area contributed by atoms with Gasteiger partial charge in [0.2, 0.25) is 0 Å². The van der Waals surface area contributed by atoms with Gasteiger partial charge in [0.15, 0.2) is 0 Å². The molecule has 102 valence electrons. The van der Waals surface area contributed by atoms with Gasteiger partial charge in [-0.15, -0.1) is 0 Å². The number of esters is 1. The molecule has 0 atom stereocenters. The van der Waals surface area contributed by atoms with Crippen LogP contribution in [-0.2, 0) is 9.53 Å². The average molecular weight is 243 g/mol. The van der Waals surface area contributed by atoms with Crippen LogP contribution < -0.4 is 5.73 Å². The molecule has 0 rings (SSSR count). The molecule has 0 aliphatic carbocycles. The van der Waals surface area contributed by atoms with Crippen LogP contribution in [0.5, 0.6) is 0 Å². The van der Waals surface area contributed by atoms with E-state index < -0.39 is 0 Å². The highest BCUT2D eigenvalue weighted by molar-refractivity contribution is 5.69. The average Bonchev–Trinajstić information content (AvgIpc) is 2.33. The SMILES string of the molecule is CCCCCCCCCOC(=O)CCCCN. The molecule has 0 aromatic carbocycles.